The van der Waals surface area contributed by atoms with E-state index in [0.29, 0.717) is 6.04 Å². The Kier molecular flexibility index (Phi) is 4.57. The van der Waals surface area contributed by atoms with Gasteiger partial charge >= 0.3 is 0 Å². The maximum atomic E-state index is 5.77. The monoisotopic (exact) mass is 232 g/mol. The lowest BCUT2D eigenvalue weighted by Gasteiger charge is -2.37. The van der Waals surface area contributed by atoms with E-state index in [1.165, 1.54) is 31.5 Å². The Morgan fingerprint density at radius 2 is 1.88 bits per heavy atom. The van der Waals surface area contributed by atoms with Gasteiger partial charge in [0.05, 0.1) is 0 Å². The smallest absolute Gasteiger partial charge is 0.0360 e. The van der Waals surface area contributed by atoms with Crippen molar-refractivity contribution in [1.82, 2.24) is 4.90 Å². The third-order valence-corrected chi connectivity index (χ3v) is 3.88. The number of nitrogens with zero attached hydrogens (tertiary/aromatic N) is 1. The predicted molar refractivity (Wildman–Crippen MR) is 72.8 cm³/mol. The van der Waals surface area contributed by atoms with Crippen molar-refractivity contribution < 1.29 is 0 Å². The van der Waals surface area contributed by atoms with Crippen molar-refractivity contribution in [3.05, 3.63) is 35.9 Å². The number of hydrogen-bond acceptors (Lipinski definition) is 2. The van der Waals surface area contributed by atoms with Gasteiger partial charge in [-0.3, -0.25) is 4.90 Å². The summed E-state index contributed by atoms with van der Waals surface area (Å²) in [6.07, 6.45) is 3.72. The molecule has 1 fully saturated rings. The number of piperidine rings is 1. The SMILES string of the molecule is CC1CCN(C(CCN)c2ccccc2)CC1. The van der Waals surface area contributed by atoms with Crippen LogP contribution in [0.25, 0.3) is 0 Å². The first-order valence-electron chi connectivity index (χ1n) is 6.80. The molecule has 2 nitrogen and oxygen atoms in total. The number of benzene rings is 1. The Bertz CT molecular complexity index is 315. The highest BCUT2D eigenvalue weighted by atomic mass is 15.2. The van der Waals surface area contributed by atoms with Crippen LogP contribution >= 0.6 is 0 Å². The highest BCUT2D eigenvalue weighted by molar-refractivity contribution is 5.19. The van der Waals surface area contributed by atoms with Crippen LogP contribution in [0.15, 0.2) is 30.3 Å². The molecular formula is C15H24N2. The molecular weight excluding hydrogens is 208 g/mol. The van der Waals surface area contributed by atoms with Crippen LogP contribution in [-0.2, 0) is 0 Å². The van der Waals surface area contributed by atoms with Gasteiger partial charge in [-0.15, -0.1) is 0 Å². The predicted octanol–water partition coefficient (Wildman–Crippen LogP) is 2.81. The van der Waals surface area contributed by atoms with Crippen LogP contribution < -0.4 is 5.73 Å². The quantitative estimate of drug-likeness (QED) is 0.865. The van der Waals surface area contributed by atoms with E-state index in [4.69, 9.17) is 5.73 Å². The Hall–Kier alpha value is -0.860. The molecule has 2 rings (SSSR count). The van der Waals surface area contributed by atoms with Crippen molar-refractivity contribution in [3.8, 4) is 0 Å². The fourth-order valence-corrected chi connectivity index (χ4v) is 2.73. The first-order valence-corrected chi connectivity index (χ1v) is 6.80. The Morgan fingerprint density at radius 1 is 1.24 bits per heavy atom. The van der Waals surface area contributed by atoms with Gasteiger partial charge in [-0.2, -0.15) is 0 Å². The van der Waals surface area contributed by atoms with Crippen molar-refractivity contribution in [1.29, 1.82) is 0 Å². The molecule has 1 aromatic carbocycles. The van der Waals surface area contributed by atoms with E-state index in [-0.39, 0.29) is 0 Å². The van der Waals surface area contributed by atoms with Crippen molar-refractivity contribution in [2.75, 3.05) is 19.6 Å². The summed E-state index contributed by atoms with van der Waals surface area (Å²) in [5.74, 6) is 0.889. The van der Waals surface area contributed by atoms with E-state index in [0.717, 1.165) is 18.9 Å². The van der Waals surface area contributed by atoms with E-state index < -0.39 is 0 Å². The molecule has 0 aliphatic carbocycles. The minimum absolute atomic E-state index is 0.522. The lowest BCUT2D eigenvalue weighted by molar-refractivity contribution is 0.132. The summed E-state index contributed by atoms with van der Waals surface area (Å²) in [7, 11) is 0. The molecule has 0 bridgehead atoms. The summed E-state index contributed by atoms with van der Waals surface area (Å²) >= 11 is 0. The number of rotatable bonds is 4. The zero-order valence-electron chi connectivity index (χ0n) is 10.8. The molecule has 0 aromatic heterocycles. The molecule has 0 saturated carbocycles. The van der Waals surface area contributed by atoms with Gasteiger partial charge in [0.1, 0.15) is 0 Å². The second-order valence-electron chi connectivity index (χ2n) is 5.22. The summed E-state index contributed by atoms with van der Waals surface area (Å²) in [4.78, 5) is 2.61. The molecule has 1 unspecified atom stereocenters. The highest BCUT2D eigenvalue weighted by Gasteiger charge is 2.23. The van der Waals surface area contributed by atoms with Gasteiger partial charge in [0, 0.05) is 6.04 Å². The summed E-state index contributed by atoms with van der Waals surface area (Å²) in [6, 6.07) is 11.3. The third kappa shape index (κ3) is 3.30. The Balaban J connectivity index is 2.07. The van der Waals surface area contributed by atoms with E-state index in [1.807, 2.05) is 0 Å². The average molecular weight is 232 g/mol. The van der Waals surface area contributed by atoms with Gasteiger partial charge in [-0.1, -0.05) is 37.3 Å². The zero-order valence-corrected chi connectivity index (χ0v) is 10.8. The minimum Gasteiger partial charge on any atom is -0.330 e. The molecule has 2 heteroatoms. The largest absolute Gasteiger partial charge is 0.330 e. The first kappa shape index (κ1) is 12.6. The van der Waals surface area contributed by atoms with Gasteiger partial charge in [-0.25, -0.2) is 0 Å². The first-order chi connectivity index (χ1) is 8.31. The minimum atomic E-state index is 0.522. The molecule has 1 saturated heterocycles. The average Bonchev–Trinajstić information content (AvgIpc) is 2.38. The standard InChI is InChI=1S/C15H24N2/c1-13-8-11-17(12-9-13)15(7-10-16)14-5-3-2-4-6-14/h2-6,13,15H,7-12,16H2,1H3. The molecule has 17 heavy (non-hydrogen) atoms. The van der Waals surface area contributed by atoms with Gasteiger partial charge in [0.15, 0.2) is 0 Å². The van der Waals surface area contributed by atoms with Crippen molar-refractivity contribution in [2.45, 2.75) is 32.2 Å². The second-order valence-corrected chi connectivity index (χ2v) is 5.22. The third-order valence-electron chi connectivity index (χ3n) is 3.88. The van der Waals surface area contributed by atoms with Crippen molar-refractivity contribution in [3.63, 3.8) is 0 Å². The molecule has 0 radical (unpaired) electrons. The van der Waals surface area contributed by atoms with Crippen LogP contribution in [0.5, 0.6) is 0 Å². The fraction of sp³-hybridized carbons (Fsp3) is 0.600. The highest BCUT2D eigenvalue weighted by Crippen LogP contribution is 2.28. The fourth-order valence-electron chi connectivity index (χ4n) is 2.73. The van der Waals surface area contributed by atoms with Crippen LogP contribution in [-0.4, -0.2) is 24.5 Å². The maximum Gasteiger partial charge on any atom is 0.0360 e. The summed E-state index contributed by atoms with van der Waals surface area (Å²) in [6.45, 7) is 5.57. The molecule has 0 amide bonds. The Morgan fingerprint density at radius 3 is 2.47 bits per heavy atom. The van der Waals surface area contributed by atoms with E-state index in [2.05, 4.69) is 42.2 Å². The summed E-state index contributed by atoms with van der Waals surface area (Å²) < 4.78 is 0. The molecule has 94 valence electrons. The van der Waals surface area contributed by atoms with Crippen molar-refractivity contribution >= 4 is 0 Å². The van der Waals surface area contributed by atoms with Gasteiger partial charge < -0.3 is 5.73 Å². The van der Waals surface area contributed by atoms with E-state index in [1.54, 1.807) is 0 Å². The molecule has 1 aliphatic heterocycles. The van der Waals surface area contributed by atoms with Crippen LogP contribution in [0.2, 0.25) is 0 Å². The number of hydrogen-bond donors (Lipinski definition) is 1. The molecule has 1 heterocycles. The van der Waals surface area contributed by atoms with Gasteiger partial charge in [0.2, 0.25) is 0 Å². The Labute approximate surface area is 105 Å². The number of likely N-dealkylation sites (tertiary alicyclic amines) is 1. The summed E-state index contributed by atoms with van der Waals surface area (Å²) in [5, 5.41) is 0. The summed E-state index contributed by atoms with van der Waals surface area (Å²) in [5.41, 5.74) is 7.20. The van der Waals surface area contributed by atoms with E-state index >= 15 is 0 Å². The molecule has 1 aromatic rings. The van der Waals surface area contributed by atoms with Crippen LogP contribution in [0, 0.1) is 5.92 Å². The van der Waals surface area contributed by atoms with E-state index in [9.17, 15) is 0 Å². The second kappa shape index (κ2) is 6.18. The lowest BCUT2D eigenvalue weighted by atomic mass is 9.94. The normalized spacial score (nSPS) is 20.4. The number of nitrogens with two attached hydrogens (primary N) is 1. The zero-order chi connectivity index (χ0) is 12.1. The van der Waals surface area contributed by atoms with Gasteiger partial charge in [0.25, 0.3) is 0 Å². The molecule has 2 N–H and O–H groups in total. The van der Waals surface area contributed by atoms with Crippen molar-refractivity contribution in [2.24, 2.45) is 11.7 Å². The van der Waals surface area contributed by atoms with Crippen LogP contribution in [0.3, 0.4) is 0 Å². The van der Waals surface area contributed by atoms with Crippen LogP contribution in [0.1, 0.15) is 37.8 Å². The maximum absolute atomic E-state index is 5.77. The molecule has 1 aliphatic rings. The topological polar surface area (TPSA) is 29.3 Å². The lowest BCUT2D eigenvalue weighted by Crippen LogP contribution is -2.37. The van der Waals surface area contributed by atoms with Crippen LogP contribution in [0.4, 0.5) is 0 Å². The molecule has 1 atom stereocenters. The molecule has 0 spiro atoms. The van der Waals surface area contributed by atoms with Gasteiger partial charge in [-0.05, 0) is 50.4 Å².